The van der Waals surface area contributed by atoms with Crippen molar-refractivity contribution in [3.05, 3.63) is 240 Å². The van der Waals surface area contributed by atoms with Crippen molar-refractivity contribution in [3.8, 4) is 23.0 Å². The number of ether oxygens (including phenoxy) is 8. The molecule has 4 amide bonds. The van der Waals surface area contributed by atoms with Gasteiger partial charge >= 0.3 is 0 Å². The van der Waals surface area contributed by atoms with Gasteiger partial charge < -0.3 is 125 Å². The minimum Gasteiger partial charge on any atom is -0.462 e. The first-order valence-corrected chi connectivity index (χ1v) is 36.2. The van der Waals surface area contributed by atoms with E-state index >= 15 is 0 Å². The van der Waals surface area contributed by atoms with Gasteiger partial charge in [0.15, 0.2) is 0 Å². The number of hydrogen-bond acceptors (Lipinski definition) is 37. The Morgan fingerprint density at radius 2 is 0.462 bits per heavy atom. The Balaban J connectivity index is 0.000000195. The van der Waals surface area contributed by atoms with Gasteiger partial charge in [0.2, 0.25) is 25.2 Å². The maximum atomic E-state index is 11.9. The van der Waals surface area contributed by atoms with Gasteiger partial charge in [-0.15, -0.1) is 0 Å². The summed E-state index contributed by atoms with van der Waals surface area (Å²) < 4.78 is 43.1. The molecule has 41 heteroatoms. The third-order valence-corrected chi connectivity index (χ3v) is 17.2. The summed E-state index contributed by atoms with van der Waals surface area (Å²) in [6.45, 7) is -0.215. The molecule has 4 aliphatic rings. The lowest BCUT2D eigenvalue weighted by Gasteiger charge is -2.39. The molecule has 12 rings (SSSR count). The minimum absolute atomic E-state index is 0.250. The minimum atomic E-state index is -1.51. The Morgan fingerprint density at radius 1 is 0.294 bits per heavy atom. The summed E-state index contributed by atoms with van der Waals surface area (Å²) in [4.78, 5) is 62.8. The molecule has 0 radical (unpaired) electrons. The monoisotopic (exact) mass is 1660 g/mol. The largest absolute Gasteiger partial charge is 0.462 e. The zero-order valence-corrected chi connectivity index (χ0v) is 62.9. The van der Waals surface area contributed by atoms with Gasteiger partial charge in [0.1, 0.15) is 121 Å². The van der Waals surface area contributed by atoms with Crippen molar-refractivity contribution < 1.29 is 144 Å². The summed E-state index contributed by atoms with van der Waals surface area (Å²) in [5, 5.41) is 178. The second-order valence-electron chi connectivity index (χ2n) is 25.6. The Labute approximate surface area is 677 Å². The van der Waals surface area contributed by atoms with Crippen LogP contribution in [-0.2, 0) is 18.9 Å². The summed E-state index contributed by atoms with van der Waals surface area (Å²) in [6, 6.07) is 38.4. The maximum absolute atomic E-state index is 11.9. The van der Waals surface area contributed by atoms with E-state index in [0.717, 1.165) is 0 Å². The van der Waals surface area contributed by atoms with Crippen LogP contribution in [0, 0.1) is 0 Å². The molecule has 0 bridgehead atoms. The Bertz CT molecular complexity index is 3900. The lowest BCUT2D eigenvalue weighted by atomic mass is 9.99. The number of aromatic nitrogens is 4. The number of rotatable bonds is 24. The molecular formula is C78H90N12O29. The van der Waals surface area contributed by atoms with Crippen LogP contribution in [0.3, 0.4) is 0 Å². The number of carbonyl (C=O) groups is 4. The molecule has 4 fully saturated rings. The zero-order valence-electron chi connectivity index (χ0n) is 62.9. The average Bonchev–Trinajstić information content (AvgIpc) is 0.824. The standard InChI is InChI=1S/4C19H21N3O7.C2H6O/c4*23-10-14-15(24)16(25)17(26)19(29-14)28-13-3-1-11(2-4-13)9-21-22-18(27)12-5-7-20-8-6-12;1-2-3/h4*1-9,14-17,19,23-26H,10H2,(H,22,27);3H,2H2,1H3/b4*21-9+;/t4*14-,15-,16+,17-,19-;/m1111./s1. The van der Waals surface area contributed by atoms with E-state index in [1.165, 1.54) is 74.4 Å². The molecule has 0 saturated carbocycles. The molecule has 0 aliphatic carbocycles. The fraction of sp³-hybridized carbons (Fsp3) is 0.333. The quantitative estimate of drug-likeness (QED) is 0.0203. The highest BCUT2D eigenvalue weighted by molar-refractivity contribution is 5.96. The topological polar surface area (TPSA) is 635 Å². The number of aliphatic hydroxyl groups excluding tert-OH is 17. The fourth-order valence-electron chi connectivity index (χ4n) is 10.7. The van der Waals surface area contributed by atoms with Gasteiger partial charge in [-0.3, -0.25) is 39.1 Å². The zero-order chi connectivity index (χ0) is 85.9. The van der Waals surface area contributed by atoms with Crippen LogP contribution in [0.1, 0.15) is 70.6 Å². The van der Waals surface area contributed by atoms with Gasteiger partial charge in [0.25, 0.3) is 23.6 Å². The molecule has 4 aromatic carbocycles. The molecule has 21 N–H and O–H groups in total. The molecule has 636 valence electrons. The van der Waals surface area contributed by atoms with Crippen LogP contribution in [0.15, 0.2) is 216 Å². The molecule has 119 heavy (non-hydrogen) atoms. The molecule has 0 spiro atoms. The van der Waals surface area contributed by atoms with E-state index < -0.39 is 149 Å². The first-order valence-electron chi connectivity index (χ1n) is 36.2. The van der Waals surface area contributed by atoms with Gasteiger partial charge in [-0.25, -0.2) is 21.7 Å². The van der Waals surface area contributed by atoms with Crippen molar-refractivity contribution in [1.29, 1.82) is 0 Å². The summed E-state index contributed by atoms with van der Waals surface area (Å²) >= 11 is 0. The number of pyridine rings is 4. The van der Waals surface area contributed by atoms with Crippen LogP contribution in [0.4, 0.5) is 0 Å². The van der Waals surface area contributed by atoms with Crippen molar-refractivity contribution in [2.45, 2.75) is 130 Å². The molecule has 4 aromatic heterocycles. The number of benzene rings is 4. The summed E-state index contributed by atoms with van der Waals surface area (Å²) in [5.74, 6) is -0.172. The van der Waals surface area contributed by atoms with E-state index in [1.807, 2.05) is 0 Å². The van der Waals surface area contributed by atoms with Crippen LogP contribution >= 0.6 is 0 Å². The smallest absolute Gasteiger partial charge is 0.271 e. The highest BCUT2D eigenvalue weighted by Crippen LogP contribution is 2.29. The first-order chi connectivity index (χ1) is 57.4. The number of amides is 4. The molecule has 8 aromatic rings. The van der Waals surface area contributed by atoms with Crippen molar-refractivity contribution in [2.24, 2.45) is 20.4 Å². The number of hydrogen-bond donors (Lipinski definition) is 21. The van der Waals surface area contributed by atoms with Gasteiger partial charge in [-0.2, -0.15) is 20.4 Å². The second-order valence-corrected chi connectivity index (χ2v) is 25.6. The van der Waals surface area contributed by atoms with E-state index in [1.54, 1.807) is 153 Å². The normalized spacial score (nSPS) is 26.4. The second kappa shape index (κ2) is 47.7. The lowest BCUT2D eigenvalue weighted by Crippen LogP contribution is -2.60. The third-order valence-electron chi connectivity index (χ3n) is 17.2. The van der Waals surface area contributed by atoms with Gasteiger partial charge in [-0.1, -0.05) is 0 Å². The van der Waals surface area contributed by atoms with E-state index in [4.69, 9.17) is 43.0 Å². The number of nitrogens with one attached hydrogen (secondary N) is 4. The molecule has 20 atom stereocenters. The van der Waals surface area contributed by atoms with Gasteiger partial charge in [-0.05, 0) is 175 Å². The Morgan fingerprint density at radius 3 is 0.622 bits per heavy atom. The highest BCUT2D eigenvalue weighted by Gasteiger charge is 2.48. The maximum Gasteiger partial charge on any atom is 0.271 e. The molecule has 0 unspecified atom stereocenters. The number of aliphatic hydroxyl groups is 17. The average molecular weight is 1660 g/mol. The number of nitrogens with zero attached hydrogens (tertiary/aromatic N) is 8. The number of hydrazone groups is 4. The van der Waals surface area contributed by atoms with Crippen LogP contribution in [0.25, 0.3) is 0 Å². The van der Waals surface area contributed by atoms with Crippen LogP contribution < -0.4 is 40.7 Å². The SMILES string of the molecule is CCO.O=C(N/N=C/c1ccc(O[C@@H]2O[C@H](CO)[C@@H](O)[C@H](O)[C@H]2O)cc1)c1ccncc1.O=C(N/N=C/c1ccc(O[C@@H]2O[C@H](CO)[C@@H](O)[C@H](O)[C@H]2O)cc1)c1ccncc1.O=C(N/N=C/c1ccc(O[C@@H]2O[C@H](CO)[C@@H](O)[C@H](O)[C@H]2O)cc1)c1ccncc1.O=C(N/N=C/c1ccc(O[C@@H]2O[C@H](CO)[C@@H](O)[C@H](O)[C@H]2O)cc1)c1ccncc1. The van der Waals surface area contributed by atoms with E-state index in [-0.39, 0.29) is 30.2 Å². The van der Waals surface area contributed by atoms with E-state index in [2.05, 4.69) is 62.0 Å². The summed E-state index contributed by atoms with van der Waals surface area (Å²) in [5.41, 5.74) is 14.0. The fourth-order valence-corrected chi connectivity index (χ4v) is 10.7. The van der Waals surface area contributed by atoms with Crippen molar-refractivity contribution >= 4 is 48.5 Å². The van der Waals surface area contributed by atoms with E-state index in [9.17, 15) is 101 Å². The third kappa shape index (κ3) is 27.8. The number of carbonyl (C=O) groups excluding carboxylic acids is 4. The first kappa shape index (κ1) is 92.9. The summed E-state index contributed by atoms with van der Waals surface area (Å²) in [7, 11) is 0. The van der Waals surface area contributed by atoms with Crippen LogP contribution in [-0.4, -0.2) is 311 Å². The molecule has 8 heterocycles. The van der Waals surface area contributed by atoms with Crippen molar-refractivity contribution in [2.75, 3.05) is 33.0 Å². The lowest BCUT2D eigenvalue weighted by molar-refractivity contribution is -0.277. The Kier molecular flexibility index (Phi) is 37.2. The predicted molar refractivity (Wildman–Crippen MR) is 413 cm³/mol. The molecular weight excluding hydrogens is 1570 g/mol. The molecule has 4 saturated heterocycles. The van der Waals surface area contributed by atoms with Crippen molar-refractivity contribution in [1.82, 2.24) is 41.6 Å². The predicted octanol–water partition coefficient (Wildman–Crippen LogP) is -3.90. The Hall–Kier alpha value is -11.6. The van der Waals surface area contributed by atoms with Crippen LogP contribution in [0.2, 0.25) is 0 Å². The van der Waals surface area contributed by atoms with E-state index in [0.29, 0.717) is 67.5 Å². The van der Waals surface area contributed by atoms with Gasteiger partial charge in [0, 0.05) is 78.4 Å². The molecule has 41 nitrogen and oxygen atoms in total. The highest BCUT2D eigenvalue weighted by atomic mass is 16.7. The van der Waals surface area contributed by atoms with Crippen LogP contribution in [0.5, 0.6) is 23.0 Å². The van der Waals surface area contributed by atoms with Crippen molar-refractivity contribution in [3.63, 3.8) is 0 Å². The summed E-state index contributed by atoms with van der Waals surface area (Å²) in [6.07, 6.45) is -9.21. The molecule has 4 aliphatic heterocycles. The van der Waals surface area contributed by atoms with Gasteiger partial charge in [0.05, 0.1) is 51.3 Å².